The molecule has 0 amide bonds. The van der Waals surface area contributed by atoms with Crippen molar-refractivity contribution in [2.45, 2.75) is 19.8 Å². The molecule has 4 heteroatoms. The molecule has 0 radical (unpaired) electrons. The van der Waals surface area contributed by atoms with E-state index in [1.807, 2.05) is 0 Å². The first kappa shape index (κ1) is 9.46. The van der Waals surface area contributed by atoms with Gasteiger partial charge in [-0.3, -0.25) is 0 Å². The van der Waals surface area contributed by atoms with Crippen LogP contribution in [0, 0.1) is 5.41 Å². The van der Waals surface area contributed by atoms with Crippen molar-refractivity contribution < 1.29 is 18.0 Å². The minimum absolute atomic E-state index is 0.0621. The Hall–Kier alpha value is -0.540. The van der Waals surface area contributed by atoms with E-state index < -0.39 is 18.0 Å². The van der Waals surface area contributed by atoms with Crippen LogP contribution in [0.3, 0.4) is 0 Å². The number of hydrogen-bond acceptors (Lipinski definition) is 1. The largest absolute Gasteiger partial charge is 0.303 e. The fraction of sp³-hybridized carbons (Fsp3) is 0.833. The molecule has 60 valence electrons. The number of hydrogen-bond donors (Lipinski definition) is 0. The number of aldehydes is 1. The van der Waals surface area contributed by atoms with Gasteiger partial charge in [0.1, 0.15) is 6.29 Å². The van der Waals surface area contributed by atoms with Gasteiger partial charge in [0.05, 0.1) is 5.41 Å². The molecule has 0 N–H and O–H groups in total. The number of carbonyl (C=O) groups is 1. The lowest BCUT2D eigenvalue weighted by Gasteiger charge is -2.25. The molecular weight excluding hydrogens is 145 g/mol. The minimum atomic E-state index is -3.55. The molecule has 0 bridgehead atoms. The van der Waals surface area contributed by atoms with Gasteiger partial charge in [0.25, 0.3) is 5.92 Å². The SMILES string of the molecule is CC(C)(C=O)C(F)(F)CF. The predicted octanol–water partition coefficient (Wildman–Crippen LogP) is 1.82. The van der Waals surface area contributed by atoms with E-state index in [9.17, 15) is 18.0 Å². The maximum absolute atomic E-state index is 12.3. The normalized spacial score (nSPS) is 13.3. The third kappa shape index (κ3) is 1.49. The molecule has 0 unspecified atom stereocenters. The van der Waals surface area contributed by atoms with Crippen LogP contribution < -0.4 is 0 Å². The van der Waals surface area contributed by atoms with E-state index in [4.69, 9.17) is 0 Å². The van der Waals surface area contributed by atoms with Crippen molar-refractivity contribution in [2.75, 3.05) is 6.67 Å². The number of carbonyl (C=O) groups excluding carboxylic acids is 1. The highest BCUT2D eigenvalue weighted by Crippen LogP contribution is 2.34. The van der Waals surface area contributed by atoms with Crippen LogP contribution in [-0.2, 0) is 4.79 Å². The van der Waals surface area contributed by atoms with Gasteiger partial charge < -0.3 is 4.79 Å². The smallest absolute Gasteiger partial charge is 0.287 e. The lowest BCUT2D eigenvalue weighted by molar-refractivity contribution is -0.145. The summed E-state index contributed by atoms with van der Waals surface area (Å²) < 4.78 is 36.2. The average Bonchev–Trinajstić information content (AvgIpc) is 1.88. The van der Waals surface area contributed by atoms with Crippen molar-refractivity contribution in [1.29, 1.82) is 0 Å². The summed E-state index contributed by atoms with van der Waals surface area (Å²) >= 11 is 0. The van der Waals surface area contributed by atoms with Gasteiger partial charge in [-0.2, -0.15) is 0 Å². The van der Waals surface area contributed by atoms with Gasteiger partial charge in [0.15, 0.2) is 6.67 Å². The molecule has 0 spiro atoms. The number of halogens is 3. The van der Waals surface area contributed by atoms with Gasteiger partial charge in [-0.25, -0.2) is 13.2 Å². The average molecular weight is 154 g/mol. The van der Waals surface area contributed by atoms with E-state index in [-0.39, 0.29) is 6.29 Å². The van der Waals surface area contributed by atoms with Gasteiger partial charge in [0.2, 0.25) is 0 Å². The molecule has 0 atom stereocenters. The molecule has 1 nitrogen and oxygen atoms in total. The predicted molar refractivity (Wildman–Crippen MR) is 30.8 cm³/mol. The summed E-state index contributed by atoms with van der Waals surface area (Å²) in [6.45, 7) is 0.206. The van der Waals surface area contributed by atoms with E-state index in [2.05, 4.69) is 0 Å². The summed E-state index contributed by atoms with van der Waals surface area (Å²) in [5, 5.41) is 0. The summed E-state index contributed by atoms with van der Waals surface area (Å²) in [5.41, 5.74) is -1.90. The number of rotatable bonds is 3. The molecule has 0 saturated heterocycles. The van der Waals surface area contributed by atoms with Crippen molar-refractivity contribution in [1.82, 2.24) is 0 Å². The van der Waals surface area contributed by atoms with Gasteiger partial charge in [-0.15, -0.1) is 0 Å². The third-order valence-corrected chi connectivity index (χ3v) is 1.41. The Morgan fingerprint density at radius 3 is 1.90 bits per heavy atom. The van der Waals surface area contributed by atoms with E-state index in [1.54, 1.807) is 0 Å². The Bertz CT molecular complexity index is 131. The van der Waals surface area contributed by atoms with E-state index in [0.29, 0.717) is 0 Å². The first-order valence-corrected chi connectivity index (χ1v) is 2.77. The molecule has 0 aliphatic carbocycles. The highest BCUT2D eigenvalue weighted by Gasteiger charge is 2.46. The lowest BCUT2D eigenvalue weighted by atomic mass is 9.88. The molecule has 0 aromatic rings. The summed E-state index contributed by atoms with van der Waals surface area (Å²) in [7, 11) is 0. The molecule has 0 aliphatic heterocycles. The monoisotopic (exact) mass is 154 g/mol. The standard InChI is InChI=1S/C6H9F3O/c1-5(2,4-10)6(8,9)3-7/h4H,3H2,1-2H3. The van der Waals surface area contributed by atoms with Gasteiger partial charge >= 0.3 is 0 Å². The second-order valence-corrected chi connectivity index (χ2v) is 2.68. The molecule has 0 aromatic carbocycles. The topological polar surface area (TPSA) is 17.1 Å². The van der Waals surface area contributed by atoms with E-state index in [1.165, 1.54) is 0 Å². The van der Waals surface area contributed by atoms with Crippen molar-refractivity contribution in [3.63, 3.8) is 0 Å². The number of alkyl halides is 3. The zero-order valence-corrected chi connectivity index (χ0v) is 5.83. The van der Waals surface area contributed by atoms with Crippen molar-refractivity contribution in [3.8, 4) is 0 Å². The zero-order chi connectivity index (χ0) is 8.41. The molecule has 0 saturated carbocycles. The van der Waals surface area contributed by atoms with E-state index >= 15 is 0 Å². The van der Waals surface area contributed by atoms with Crippen LogP contribution in [0.5, 0.6) is 0 Å². The Morgan fingerprint density at radius 2 is 1.80 bits per heavy atom. The second-order valence-electron chi connectivity index (χ2n) is 2.68. The second kappa shape index (κ2) is 2.60. The lowest BCUT2D eigenvalue weighted by Crippen LogP contribution is -2.39. The third-order valence-electron chi connectivity index (χ3n) is 1.41. The van der Waals surface area contributed by atoms with Crippen LogP contribution in [-0.4, -0.2) is 18.9 Å². The molecule has 10 heavy (non-hydrogen) atoms. The summed E-state index contributed by atoms with van der Waals surface area (Å²) in [5.74, 6) is -3.55. The summed E-state index contributed by atoms with van der Waals surface area (Å²) in [6.07, 6.45) is 0.0621. The maximum atomic E-state index is 12.3. The summed E-state index contributed by atoms with van der Waals surface area (Å²) in [6, 6.07) is 0. The highest BCUT2D eigenvalue weighted by molar-refractivity contribution is 5.59. The summed E-state index contributed by atoms with van der Waals surface area (Å²) in [4.78, 5) is 9.99. The molecule has 0 aromatic heterocycles. The highest BCUT2D eigenvalue weighted by atomic mass is 19.3. The Balaban J connectivity index is 4.43. The Labute approximate surface area is 57.2 Å². The molecule has 0 rings (SSSR count). The minimum Gasteiger partial charge on any atom is -0.303 e. The Morgan fingerprint density at radius 1 is 1.40 bits per heavy atom. The van der Waals surface area contributed by atoms with Crippen molar-refractivity contribution in [3.05, 3.63) is 0 Å². The molecular formula is C6H9F3O. The quantitative estimate of drug-likeness (QED) is 0.566. The van der Waals surface area contributed by atoms with E-state index in [0.717, 1.165) is 13.8 Å². The first-order valence-electron chi connectivity index (χ1n) is 2.77. The molecule has 0 heterocycles. The van der Waals surface area contributed by atoms with Gasteiger partial charge in [0, 0.05) is 0 Å². The van der Waals surface area contributed by atoms with Crippen LogP contribution in [0.1, 0.15) is 13.8 Å². The van der Waals surface area contributed by atoms with Crippen LogP contribution in [0.2, 0.25) is 0 Å². The Kier molecular flexibility index (Phi) is 2.46. The van der Waals surface area contributed by atoms with Crippen molar-refractivity contribution in [2.24, 2.45) is 5.41 Å². The van der Waals surface area contributed by atoms with Crippen LogP contribution in [0.4, 0.5) is 13.2 Å². The van der Waals surface area contributed by atoms with Gasteiger partial charge in [-0.05, 0) is 13.8 Å². The van der Waals surface area contributed by atoms with Crippen molar-refractivity contribution >= 4 is 6.29 Å². The maximum Gasteiger partial charge on any atom is 0.287 e. The van der Waals surface area contributed by atoms with Gasteiger partial charge in [-0.1, -0.05) is 0 Å². The fourth-order valence-corrected chi connectivity index (χ4v) is 0.258. The molecule has 0 fully saturated rings. The first-order chi connectivity index (χ1) is 4.37. The van der Waals surface area contributed by atoms with Crippen LogP contribution in [0.25, 0.3) is 0 Å². The fourth-order valence-electron chi connectivity index (χ4n) is 0.258. The zero-order valence-electron chi connectivity index (χ0n) is 5.83. The van der Waals surface area contributed by atoms with Crippen LogP contribution >= 0.6 is 0 Å². The van der Waals surface area contributed by atoms with Crippen LogP contribution in [0.15, 0.2) is 0 Å². The molecule has 0 aliphatic rings.